The van der Waals surface area contributed by atoms with Crippen molar-refractivity contribution in [2.24, 2.45) is 0 Å². The summed E-state index contributed by atoms with van der Waals surface area (Å²) in [4.78, 5) is 14.5. The molecule has 4 nitrogen and oxygen atoms in total. The molecule has 0 unspecified atom stereocenters. The lowest BCUT2D eigenvalue weighted by Gasteiger charge is -2.27. The minimum Gasteiger partial charge on any atom is -0.494 e. The Morgan fingerprint density at radius 1 is 1.27 bits per heavy atom. The molecule has 0 spiro atoms. The van der Waals surface area contributed by atoms with Gasteiger partial charge < -0.3 is 10.1 Å². The maximum absolute atomic E-state index is 13.9. The average molecular weight is 399 g/mol. The number of carbonyl (C=O) groups is 1. The maximum atomic E-state index is 13.9. The SMILES string of the molecule is CCN(Cc1ccc(OC)c(F)c1)[C@H](C)C(=O)Nc1ccc(Cl)cc1Cl. The van der Waals surface area contributed by atoms with E-state index in [2.05, 4.69) is 5.32 Å². The molecular formula is C19H21Cl2FN2O2. The number of carbonyl (C=O) groups excluding carboxylic acids is 1. The van der Waals surface area contributed by atoms with Crippen molar-refractivity contribution in [2.75, 3.05) is 19.0 Å². The minimum absolute atomic E-state index is 0.194. The van der Waals surface area contributed by atoms with Crippen molar-refractivity contribution >= 4 is 34.8 Å². The fourth-order valence-electron chi connectivity index (χ4n) is 2.56. The van der Waals surface area contributed by atoms with Crippen LogP contribution in [0.1, 0.15) is 19.4 Å². The van der Waals surface area contributed by atoms with Gasteiger partial charge in [-0.3, -0.25) is 9.69 Å². The molecule has 0 aliphatic carbocycles. The summed E-state index contributed by atoms with van der Waals surface area (Å²) in [6.45, 7) is 4.79. The van der Waals surface area contributed by atoms with Crippen molar-refractivity contribution in [1.82, 2.24) is 4.90 Å². The lowest BCUT2D eigenvalue weighted by Crippen LogP contribution is -2.41. The summed E-state index contributed by atoms with van der Waals surface area (Å²) in [5, 5.41) is 3.67. The number of likely N-dealkylation sites (N-methyl/N-ethyl adjacent to an activating group) is 1. The van der Waals surface area contributed by atoms with Crippen LogP contribution in [0.4, 0.5) is 10.1 Å². The second-order valence-corrected chi connectivity index (χ2v) is 6.67. The Kier molecular flexibility index (Phi) is 7.26. The van der Waals surface area contributed by atoms with Gasteiger partial charge in [0.05, 0.1) is 23.9 Å². The van der Waals surface area contributed by atoms with Crippen molar-refractivity contribution in [3.05, 3.63) is 57.8 Å². The molecule has 0 aliphatic rings. The van der Waals surface area contributed by atoms with Crippen LogP contribution in [-0.4, -0.2) is 30.5 Å². The second kappa shape index (κ2) is 9.21. The lowest BCUT2D eigenvalue weighted by atomic mass is 10.1. The molecule has 1 atom stereocenters. The average Bonchev–Trinajstić information content (AvgIpc) is 2.61. The summed E-state index contributed by atoms with van der Waals surface area (Å²) >= 11 is 12.0. The van der Waals surface area contributed by atoms with Gasteiger partial charge >= 0.3 is 0 Å². The molecule has 2 aromatic rings. The molecule has 2 aromatic carbocycles. The molecule has 140 valence electrons. The van der Waals surface area contributed by atoms with Crippen LogP contribution in [-0.2, 0) is 11.3 Å². The number of nitrogens with zero attached hydrogens (tertiary/aromatic N) is 1. The monoisotopic (exact) mass is 398 g/mol. The molecule has 0 saturated carbocycles. The van der Waals surface area contributed by atoms with Gasteiger partial charge in [-0.1, -0.05) is 36.2 Å². The van der Waals surface area contributed by atoms with E-state index in [1.165, 1.54) is 13.2 Å². The summed E-state index contributed by atoms with van der Waals surface area (Å²) in [5.41, 5.74) is 1.26. The number of rotatable bonds is 7. The van der Waals surface area contributed by atoms with Gasteiger partial charge in [0.1, 0.15) is 0 Å². The van der Waals surface area contributed by atoms with Gasteiger partial charge in [-0.15, -0.1) is 0 Å². The van der Waals surface area contributed by atoms with Gasteiger partial charge in [-0.05, 0) is 49.4 Å². The molecular weight excluding hydrogens is 378 g/mol. The number of amides is 1. The van der Waals surface area contributed by atoms with Crippen LogP contribution in [0.25, 0.3) is 0 Å². The molecule has 1 N–H and O–H groups in total. The topological polar surface area (TPSA) is 41.6 Å². The maximum Gasteiger partial charge on any atom is 0.241 e. The predicted molar refractivity (Wildman–Crippen MR) is 104 cm³/mol. The molecule has 0 bridgehead atoms. The van der Waals surface area contributed by atoms with E-state index in [1.807, 2.05) is 11.8 Å². The van der Waals surface area contributed by atoms with Gasteiger partial charge in [-0.25, -0.2) is 4.39 Å². The Labute approximate surface area is 162 Å². The fourth-order valence-corrected chi connectivity index (χ4v) is 3.01. The molecule has 0 aromatic heterocycles. The number of anilines is 1. The fraction of sp³-hybridized carbons (Fsp3) is 0.316. The molecule has 0 heterocycles. The number of benzene rings is 2. The first-order valence-electron chi connectivity index (χ1n) is 8.18. The molecule has 0 saturated heterocycles. The van der Waals surface area contributed by atoms with Crippen molar-refractivity contribution < 1.29 is 13.9 Å². The molecule has 0 fully saturated rings. The second-order valence-electron chi connectivity index (χ2n) is 5.82. The number of hydrogen-bond donors (Lipinski definition) is 1. The summed E-state index contributed by atoms with van der Waals surface area (Å²) in [7, 11) is 1.42. The highest BCUT2D eigenvalue weighted by Gasteiger charge is 2.21. The van der Waals surface area contributed by atoms with Crippen LogP contribution in [0.2, 0.25) is 10.0 Å². The number of ether oxygens (including phenoxy) is 1. The summed E-state index contributed by atoms with van der Waals surface area (Å²) in [6.07, 6.45) is 0. The Morgan fingerprint density at radius 2 is 2.00 bits per heavy atom. The quantitative estimate of drug-likeness (QED) is 0.713. The smallest absolute Gasteiger partial charge is 0.241 e. The van der Waals surface area contributed by atoms with E-state index in [-0.39, 0.29) is 11.7 Å². The number of methoxy groups -OCH3 is 1. The van der Waals surface area contributed by atoms with Crippen molar-refractivity contribution in [1.29, 1.82) is 0 Å². The number of halogens is 3. The van der Waals surface area contributed by atoms with E-state index in [0.29, 0.717) is 28.8 Å². The Balaban J connectivity index is 2.08. The Morgan fingerprint density at radius 3 is 2.58 bits per heavy atom. The first-order chi connectivity index (χ1) is 12.3. The number of nitrogens with one attached hydrogen (secondary N) is 1. The lowest BCUT2D eigenvalue weighted by molar-refractivity contribution is -0.120. The first-order valence-corrected chi connectivity index (χ1v) is 8.93. The van der Waals surface area contributed by atoms with E-state index in [9.17, 15) is 9.18 Å². The van der Waals surface area contributed by atoms with Crippen LogP contribution in [0.3, 0.4) is 0 Å². The Hall–Kier alpha value is -1.82. The van der Waals surface area contributed by atoms with Crippen molar-refractivity contribution in [2.45, 2.75) is 26.4 Å². The zero-order chi connectivity index (χ0) is 19.3. The summed E-state index contributed by atoms with van der Waals surface area (Å²) in [5.74, 6) is -0.434. The van der Waals surface area contributed by atoms with E-state index >= 15 is 0 Å². The molecule has 26 heavy (non-hydrogen) atoms. The minimum atomic E-state index is -0.433. The third-order valence-electron chi connectivity index (χ3n) is 4.12. The van der Waals surface area contributed by atoms with Gasteiger partial charge in [0.2, 0.25) is 5.91 Å². The third kappa shape index (κ3) is 5.10. The normalized spacial score (nSPS) is 12.1. The summed E-state index contributed by atoms with van der Waals surface area (Å²) < 4.78 is 18.8. The largest absolute Gasteiger partial charge is 0.494 e. The first kappa shape index (κ1) is 20.5. The van der Waals surface area contributed by atoms with Gasteiger partial charge in [-0.2, -0.15) is 0 Å². The van der Waals surface area contributed by atoms with Gasteiger partial charge in [0.25, 0.3) is 0 Å². The zero-order valence-electron chi connectivity index (χ0n) is 14.9. The molecule has 2 rings (SSSR count). The van der Waals surface area contributed by atoms with Crippen molar-refractivity contribution in [3.8, 4) is 5.75 Å². The predicted octanol–water partition coefficient (Wildman–Crippen LogP) is 4.99. The van der Waals surface area contributed by atoms with E-state index in [1.54, 1.807) is 37.3 Å². The van der Waals surface area contributed by atoms with Crippen LogP contribution in [0.15, 0.2) is 36.4 Å². The molecule has 7 heteroatoms. The van der Waals surface area contributed by atoms with E-state index < -0.39 is 11.9 Å². The van der Waals surface area contributed by atoms with Crippen molar-refractivity contribution in [3.63, 3.8) is 0 Å². The molecule has 0 radical (unpaired) electrons. The standard InChI is InChI=1S/C19H21Cl2FN2O2/c1-4-24(11-13-5-8-18(26-3)16(22)9-13)12(2)19(25)23-17-7-6-14(20)10-15(17)21/h5-10,12H,4,11H2,1-3H3,(H,23,25)/t12-/m1/s1. The van der Waals surface area contributed by atoms with Crippen LogP contribution in [0, 0.1) is 5.82 Å². The van der Waals surface area contributed by atoms with Crippen LogP contribution >= 0.6 is 23.2 Å². The van der Waals surface area contributed by atoms with Gasteiger partial charge in [0.15, 0.2) is 11.6 Å². The molecule has 1 amide bonds. The highest BCUT2D eigenvalue weighted by Crippen LogP contribution is 2.26. The highest BCUT2D eigenvalue weighted by atomic mass is 35.5. The van der Waals surface area contributed by atoms with E-state index in [0.717, 1.165) is 5.56 Å². The van der Waals surface area contributed by atoms with E-state index in [4.69, 9.17) is 27.9 Å². The highest BCUT2D eigenvalue weighted by molar-refractivity contribution is 6.36. The van der Waals surface area contributed by atoms with Gasteiger partial charge in [0, 0.05) is 11.6 Å². The van der Waals surface area contributed by atoms with Crippen LogP contribution < -0.4 is 10.1 Å². The molecule has 0 aliphatic heterocycles. The van der Waals surface area contributed by atoms with Crippen LogP contribution in [0.5, 0.6) is 5.75 Å². The Bertz CT molecular complexity index is 786. The zero-order valence-corrected chi connectivity index (χ0v) is 16.4. The summed E-state index contributed by atoms with van der Waals surface area (Å²) in [6, 6.07) is 9.23. The number of hydrogen-bond acceptors (Lipinski definition) is 3. The third-order valence-corrected chi connectivity index (χ3v) is 4.67.